The van der Waals surface area contributed by atoms with E-state index < -0.39 is 0 Å². The molecule has 0 amide bonds. The van der Waals surface area contributed by atoms with Crippen molar-refractivity contribution in [3.8, 4) is 0 Å². The Hall–Kier alpha value is -1.36. The number of nitrogens with two attached hydrogens (primary N) is 1. The van der Waals surface area contributed by atoms with E-state index in [0.29, 0.717) is 11.7 Å². The van der Waals surface area contributed by atoms with Gasteiger partial charge in [-0.3, -0.25) is 0 Å². The molecule has 2 rings (SSSR count). The lowest BCUT2D eigenvalue weighted by atomic mass is 10.1. The molecule has 2 heterocycles. The highest BCUT2D eigenvalue weighted by Crippen LogP contribution is 2.13. The van der Waals surface area contributed by atoms with Gasteiger partial charge in [0.15, 0.2) is 0 Å². The Labute approximate surface area is 82.7 Å². The van der Waals surface area contributed by atoms with Crippen LogP contribution in [0.2, 0.25) is 0 Å². The zero-order chi connectivity index (χ0) is 9.80. The average molecular weight is 194 g/mol. The lowest BCUT2D eigenvalue weighted by molar-refractivity contribution is 0.187. The summed E-state index contributed by atoms with van der Waals surface area (Å²) in [6.07, 6.45) is 2.58. The van der Waals surface area contributed by atoms with Gasteiger partial charge in [-0.15, -0.1) is 0 Å². The van der Waals surface area contributed by atoms with E-state index in [9.17, 15) is 0 Å². The fraction of sp³-hybridized carbons (Fsp3) is 0.556. The molecule has 5 heteroatoms. The van der Waals surface area contributed by atoms with Crippen LogP contribution in [0.5, 0.6) is 0 Å². The molecule has 1 aromatic rings. The average Bonchev–Trinajstić information content (AvgIpc) is 2.67. The van der Waals surface area contributed by atoms with Gasteiger partial charge in [0.1, 0.15) is 18.0 Å². The van der Waals surface area contributed by atoms with Crippen LogP contribution in [0.25, 0.3) is 0 Å². The third-order valence-electron chi connectivity index (χ3n) is 2.28. The monoisotopic (exact) mass is 194 g/mol. The Kier molecular flexibility index (Phi) is 2.78. The van der Waals surface area contributed by atoms with E-state index in [2.05, 4.69) is 15.3 Å². The summed E-state index contributed by atoms with van der Waals surface area (Å²) in [7, 11) is 0. The van der Waals surface area contributed by atoms with E-state index in [-0.39, 0.29) is 0 Å². The molecule has 1 aliphatic heterocycles. The Bertz CT molecular complexity index is 299. The highest BCUT2D eigenvalue weighted by Gasteiger charge is 2.14. The lowest BCUT2D eigenvalue weighted by Crippen LogP contribution is -2.15. The summed E-state index contributed by atoms with van der Waals surface area (Å²) in [6.45, 7) is 2.60. The molecule has 1 aromatic heterocycles. The van der Waals surface area contributed by atoms with Crippen LogP contribution in [0.3, 0.4) is 0 Å². The minimum absolute atomic E-state index is 0.491. The summed E-state index contributed by atoms with van der Waals surface area (Å²) in [5.41, 5.74) is 5.53. The maximum Gasteiger partial charge on any atom is 0.131 e. The van der Waals surface area contributed by atoms with Crippen molar-refractivity contribution in [3.05, 3.63) is 12.4 Å². The summed E-state index contributed by atoms with van der Waals surface area (Å²) in [5, 5.41) is 3.22. The van der Waals surface area contributed by atoms with Crippen molar-refractivity contribution in [3.63, 3.8) is 0 Å². The van der Waals surface area contributed by atoms with Crippen molar-refractivity contribution in [2.75, 3.05) is 30.8 Å². The first-order chi connectivity index (χ1) is 6.84. The Morgan fingerprint density at radius 1 is 1.57 bits per heavy atom. The molecule has 0 saturated carbocycles. The molecule has 0 spiro atoms. The molecule has 0 bridgehead atoms. The summed E-state index contributed by atoms with van der Waals surface area (Å²) in [5.74, 6) is 1.86. The van der Waals surface area contributed by atoms with Gasteiger partial charge in [-0.1, -0.05) is 0 Å². The number of hydrogen-bond donors (Lipinski definition) is 2. The van der Waals surface area contributed by atoms with Crippen LogP contribution >= 0.6 is 0 Å². The molecule has 1 unspecified atom stereocenters. The number of rotatable bonds is 3. The SMILES string of the molecule is Nc1cc(NCC2CCOC2)ncn1. The topological polar surface area (TPSA) is 73.1 Å². The second kappa shape index (κ2) is 4.23. The van der Waals surface area contributed by atoms with Crippen molar-refractivity contribution in [2.24, 2.45) is 5.92 Å². The molecule has 1 atom stereocenters. The van der Waals surface area contributed by atoms with E-state index in [4.69, 9.17) is 10.5 Å². The molecule has 14 heavy (non-hydrogen) atoms. The maximum absolute atomic E-state index is 5.53. The van der Waals surface area contributed by atoms with Crippen LogP contribution in [-0.2, 0) is 4.74 Å². The molecule has 0 radical (unpaired) electrons. The smallest absolute Gasteiger partial charge is 0.131 e. The molecule has 1 aliphatic rings. The third-order valence-corrected chi connectivity index (χ3v) is 2.28. The molecule has 1 fully saturated rings. The largest absolute Gasteiger partial charge is 0.384 e. The van der Waals surface area contributed by atoms with E-state index >= 15 is 0 Å². The van der Waals surface area contributed by atoms with E-state index in [1.165, 1.54) is 6.33 Å². The van der Waals surface area contributed by atoms with Gasteiger partial charge in [-0.25, -0.2) is 9.97 Å². The van der Waals surface area contributed by atoms with Crippen LogP contribution < -0.4 is 11.1 Å². The van der Waals surface area contributed by atoms with Gasteiger partial charge >= 0.3 is 0 Å². The van der Waals surface area contributed by atoms with Gasteiger partial charge in [0.25, 0.3) is 0 Å². The number of hydrogen-bond acceptors (Lipinski definition) is 5. The van der Waals surface area contributed by atoms with Gasteiger partial charge in [0.05, 0.1) is 6.61 Å². The first-order valence-electron chi connectivity index (χ1n) is 4.74. The molecule has 5 nitrogen and oxygen atoms in total. The van der Waals surface area contributed by atoms with Gasteiger partial charge in [-0.2, -0.15) is 0 Å². The molecule has 0 aromatic carbocycles. The van der Waals surface area contributed by atoms with Crippen LogP contribution in [0, 0.1) is 5.92 Å². The molecule has 76 valence electrons. The van der Waals surface area contributed by atoms with Gasteiger partial charge in [0, 0.05) is 25.1 Å². The van der Waals surface area contributed by atoms with Crippen LogP contribution in [0.4, 0.5) is 11.6 Å². The molecular weight excluding hydrogens is 180 g/mol. The predicted molar refractivity (Wildman–Crippen MR) is 53.9 cm³/mol. The normalized spacial score (nSPS) is 21.0. The number of nitrogen functional groups attached to an aromatic ring is 1. The molecule has 3 N–H and O–H groups in total. The summed E-state index contributed by atoms with van der Waals surface area (Å²) >= 11 is 0. The van der Waals surface area contributed by atoms with E-state index in [0.717, 1.165) is 32.0 Å². The highest BCUT2D eigenvalue weighted by molar-refractivity contribution is 5.43. The molecule has 1 saturated heterocycles. The number of ether oxygens (including phenoxy) is 1. The third kappa shape index (κ3) is 2.32. The predicted octanol–water partition coefficient (Wildman–Crippen LogP) is 0.507. The van der Waals surface area contributed by atoms with Crippen LogP contribution in [0.1, 0.15) is 6.42 Å². The zero-order valence-corrected chi connectivity index (χ0v) is 7.94. The van der Waals surface area contributed by atoms with Gasteiger partial charge < -0.3 is 15.8 Å². The lowest BCUT2D eigenvalue weighted by Gasteiger charge is -2.09. The Balaban J connectivity index is 1.85. The van der Waals surface area contributed by atoms with Crippen molar-refractivity contribution >= 4 is 11.6 Å². The first kappa shape index (κ1) is 9.21. The maximum atomic E-state index is 5.53. The quantitative estimate of drug-likeness (QED) is 0.733. The highest BCUT2D eigenvalue weighted by atomic mass is 16.5. The zero-order valence-electron chi connectivity index (χ0n) is 7.94. The molecular formula is C9H14N4O. The summed E-state index contributed by atoms with van der Waals surface area (Å²) in [4.78, 5) is 7.88. The second-order valence-electron chi connectivity index (χ2n) is 3.44. The Morgan fingerprint density at radius 2 is 2.50 bits per heavy atom. The number of nitrogens with one attached hydrogen (secondary N) is 1. The first-order valence-corrected chi connectivity index (χ1v) is 4.74. The van der Waals surface area contributed by atoms with Crippen molar-refractivity contribution in [2.45, 2.75) is 6.42 Å². The van der Waals surface area contributed by atoms with Crippen molar-refractivity contribution in [1.82, 2.24) is 9.97 Å². The van der Waals surface area contributed by atoms with Crippen LogP contribution in [-0.4, -0.2) is 29.7 Å². The minimum atomic E-state index is 0.491. The Morgan fingerprint density at radius 3 is 3.21 bits per heavy atom. The minimum Gasteiger partial charge on any atom is -0.384 e. The molecule has 0 aliphatic carbocycles. The standard InChI is InChI=1S/C9H14N4O/c10-8-3-9(13-6-12-8)11-4-7-1-2-14-5-7/h3,6-7H,1-2,4-5H2,(H3,10,11,12,13). The van der Waals surface area contributed by atoms with E-state index in [1.807, 2.05) is 0 Å². The number of anilines is 2. The van der Waals surface area contributed by atoms with Crippen LogP contribution in [0.15, 0.2) is 12.4 Å². The number of aromatic nitrogens is 2. The van der Waals surface area contributed by atoms with Gasteiger partial charge in [-0.05, 0) is 6.42 Å². The fourth-order valence-electron chi connectivity index (χ4n) is 1.46. The van der Waals surface area contributed by atoms with Crippen molar-refractivity contribution < 1.29 is 4.74 Å². The van der Waals surface area contributed by atoms with Crippen molar-refractivity contribution in [1.29, 1.82) is 0 Å². The summed E-state index contributed by atoms with van der Waals surface area (Å²) in [6, 6.07) is 1.73. The van der Waals surface area contributed by atoms with Gasteiger partial charge in [0.2, 0.25) is 0 Å². The fourth-order valence-corrected chi connectivity index (χ4v) is 1.46. The second-order valence-corrected chi connectivity index (χ2v) is 3.44. The van der Waals surface area contributed by atoms with E-state index in [1.54, 1.807) is 6.07 Å². The number of nitrogens with zero attached hydrogens (tertiary/aromatic N) is 2. The summed E-state index contributed by atoms with van der Waals surface area (Å²) < 4.78 is 5.27.